The van der Waals surface area contributed by atoms with Crippen molar-refractivity contribution in [2.75, 3.05) is 13.7 Å². The summed E-state index contributed by atoms with van der Waals surface area (Å²) < 4.78 is 4.74. The van der Waals surface area contributed by atoms with Crippen LogP contribution in [-0.2, 0) is 27.2 Å². The summed E-state index contributed by atoms with van der Waals surface area (Å²) in [6.07, 6.45) is 0.971. The number of ether oxygens (including phenoxy) is 1. The highest BCUT2D eigenvalue weighted by Crippen LogP contribution is 2.07. The van der Waals surface area contributed by atoms with Gasteiger partial charge in [-0.2, -0.15) is 0 Å². The highest BCUT2D eigenvalue weighted by atomic mass is 16.5. The molecule has 1 aromatic rings. The summed E-state index contributed by atoms with van der Waals surface area (Å²) in [5.74, 6) is -1.25. The Kier molecular flexibility index (Phi) is 6.73. The third-order valence-electron chi connectivity index (χ3n) is 3.12. The van der Waals surface area contributed by atoms with Crippen molar-refractivity contribution in [1.29, 1.82) is 0 Å². The van der Waals surface area contributed by atoms with Gasteiger partial charge in [0, 0.05) is 13.5 Å². The molecule has 1 aromatic carbocycles. The molecule has 1 unspecified atom stereocenters. The van der Waals surface area contributed by atoms with Gasteiger partial charge in [0.05, 0.1) is 6.54 Å². The second kappa shape index (κ2) is 8.32. The molecule has 110 valence electrons. The standard InChI is InChI=1S/C15H21NO4/c1-3-11-4-6-12(7-5-11)8-9-14(17)16-10-13(20-2)15(18)19/h4-7,13H,3,8-10H2,1-2H3,(H,16,17)(H,18,19). The highest BCUT2D eigenvalue weighted by Gasteiger charge is 2.16. The number of hydrogen-bond acceptors (Lipinski definition) is 3. The zero-order valence-corrected chi connectivity index (χ0v) is 11.9. The fraction of sp³-hybridized carbons (Fsp3) is 0.467. The van der Waals surface area contributed by atoms with Crippen molar-refractivity contribution in [2.45, 2.75) is 32.3 Å². The number of carbonyl (C=O) groups excluding carboxylic acids is 1. The molecule has 0 spiro atoms. The van der Waals surface area contributed by atoms with Crippen molar-refractivity contribution in [1.82, 2.24) is 5.32 Å². The first-order valence-electron chi connectivity index (χ1n) is 6.67. The van der Waals surface area contributed by atoms with Crippen LogP contribution in [0.5, 0.6) is 0 Å². The number of carboxylic acid groups (broad SMARTS) is 1. The molecule has 1 amide bonds. The van der Waals surface area contributed by atoms with Gasteiger partial charge in [0.1, 0.15) is 0 Å². The zero-order chi connectivity index (χ0) is 15.0. The second-order valence-corrected chi connectivity index (χ2v) is 4.54. The van der Waals surface area contributed by atoms with Crippen LogP contribution in [0.4, 0.5) is 0 Å². The first kappa shape index (κ1) is 16.2. The van der Waals surface area contributed by atoms with E-state index in [1.54, 1.807) is 0 Å². The fourth-order valence-corrected chi connectivity index (χ4v) is 1.77. The van der Waals surface area contributed by atoms with Crippen LogP contribution in [0, 0.1) is 0 Å². The lowest BCUT2D eigenvalue weighted by Gasteiger charge is -2.11. The van der Waals surface area contributed by atoms with Gasteiger partial charge in [-0.3, -0.25) is 4.79 Å². The normalized spacial score (nSPS) is 11.9. The van der Waals surface area contributed by atoms with Crippen LogP contribution >= 0.6 is 0 Å². The second-order valence-electron chi connectivity index (χ2n) is 4.54. The van der Waals surface area contributed by atoms with Gasteiger partial charge in [0.2, 0.25) is 5.91 Å². The smallest absolute Gasteiger partial charge is 0.334 e. The first-order valence-corrected chi connectivity index (χ1v) is 6.67. The van der Waals surface area contributed by atoms with Crippen molar-refractivity contribution in [3.05, 3.63) is 35.4 Å². The molecule has 5 nitrogen and oxygen atoms in total. The lowest BCUT2D eigenvalue weighted by atomic mass is 10.1. The molecular weight excluding hydrogens is 258 g/mol. The minimum Gasteiger partial charge on any atom is -0.479 e. The van der Waals surface area contributed by atoms with E-state index in [4.69, 9.17) is 9.84 Å². The number of methoxy groups -OCH3 is 1. The number of carbonyl (C=O) groups is 2. The van der Waals surface area contributed by atoms with Crippen LogP contribution < -0.4 is 5.32 Å². The number of amides is 1. The van der Waals surface area contributed by atoms with Crippen molar-refractivity contribution < 1.29 is 19.4 Å². The number of aliphatic carboxylic acids is 1. The number of nitrogens with one attached hydrogen (secondary N) is 1. The highest BCUT2D eigenvalue weighted by molar-refractivity contribution is 5.78. The Bertz CT molecular complexity index is 442. The molecule has 20 heavy (non-hydrogen) atoms. The van der Waals surface area contributed by atoms with Gasteiger partial charge >= 0.3 is 5.97 Å². The summed E-state index contributed by atoms with van der Waals surface area (Å²) in [6, 6.07) is 8.14. The lowest BCUT2D eigenvalue weighted by Crippen LogP contribution is -2.37. The van der Waals surface area contributed by atoms with Crippen molar-refractivity contribution in [3.63, 3.8) is 0 Å². The van der Waals surface area contributed by atoms with Gasteiger partial charge in [-0.05, 0) is 24.0 Å². The van der Waals surface area contributed by atoms with E-state index >= 15 is 0 Å². The number of benzene rings is 1. The Morgan fingerprint density at radius 1 is 1.25 bits per heavy atom. The van der Waals surface area contributed by atoms with Crippen LogP contribution in [0.2, 0.25) is 0 Å². The van der Waals surface area contributed by atoms with E-state index in [1.807, 2.05) is 12.1 Å². The van der Waals surface area contributed by atoms with E-state index in [0.717, 1.165) is 12.0 Å². The number of hydrogen-bond donors (Lipinski definition) is 2. The van der Waals surface area contributed by atoms with Crippen LogP contribution in [0.15, 0.2) is 24.3 Å². The number of aryl methyl sites for hydroxylation is 2. The molecule has 0 fully saturated rings. The maximum Gasteiger partial charge on any atom is 0.334 e. The van der Waals surface area contributed by atoms with E-state index < -0.39 is 12.1 Å². The molecule has 0 saturated heterocycles. The Balaban J connectivity index is 2.33. The van der Waals surface area contributed by atoms with Crippen LogP contribution in [0.1, 0.15) is 24.5 Å². The van der Waals surface area contributed by atoms with Gasteiger partial charge in [0.15, 0.2) is 6.10 Å². The van der Waals surface area contributed by atoms with Gasteiger partial charge < -0.3 is 15.2 Å². The predicted octanol–water partition coefficient (Wildman–Crippen LogP) is 1.40. The molecule has 5 heteroatoms. The van der Waals surface area contributed by atoms with E-state index in [2.05, 4.69) is 24.4 Å². The molecule has 0 aliphatic carbocycles. The molecule has 0 aromatic heterocycles. The van der Waals surface area contributed by atoms with E-state index in [9.17, 15) is 9.59 Å². The van der Waals surface area contributed by atoms with Gasteiger partial charge in [-0.1, -0.05) is 31.2 Å². The summed E-state index contributed by atoms with van der Waals surface area (Å²) in [5.41, 5.74) is 2.36. The number of rotatable bonds is 8. The Labute approximate surface area is 118 Å². The third-order valence-corrected chi connectivity index (χ3v) is 3.12. The van der Waals surface area contributed by atoms with Gasteiger partial charge in [-0.15, -0.1) is 0 Å². The zero-order valence-electron chi connectivity index (χ0n) is 11.9. The predicted molar refractivity (Wildman–Crippen MR) is 75.6 cm³/mol. The molecule has 0 bridgehead atoms. The summed E-state index contributed by atoms with van der Waals surface area (Å²) in [7, 11) is 1.31. The lowest BCUT2D eigenvalue weighted by molar-refractivity contribution is -0.148. The average molecular weight is 279 g/mol. The molecule has 2 N–H and O–H groups in total. The topological polar surface area (TPSA) is 75.6 Å². The van der Waals surface area contributed by atoms with Crippen molar-refractivity contribution in [2.24, 2.45) is 0 Å². The van der Waals surface area contributed by atoms with E-state index in [0.29, 0.717) is 12.8 Å². The average Bonchev–Trinajstić information content (AvgIpc) is 2.46. The molecule has 0 aliphatic rings. The molecule has 0 aliphatic heterocycles. The van der Waals surface area contributed by atoms with Crippen LogP contribution in [0.25, 0.3) is 0 Å². The van der Waals surface area contributed by atoms with Gasteiger partial charge in [0.25, 0.3) is 0 Å². The van der Waals surface area contributed by atoms with E-state index in [1.165, 1.54) is 12.7 Å². The molecule has 0 heterocycles. The maximum atomic E-state index is 11.6. The minimum absolute atomic E-state index is 0.0144. The maximum absolute atomic E-state index is 11.6. The SMILES string of the molecule is CCc1ccc(CCC(=O)NCC(OC)C(=O)O)cc1. The summed E-state index contributed by atoms with van der Waals surface area (Å²) >= 11 is 0. The monoisotopic (exact) mass is 279 g/mol. The summed E-state index contributed by atoms with van der Waals surface area (Å²) in [4.78, 5) is 22.3. The molecule has 0 radical (unpaired) electrons. The summed E-state index contributed by atoms with van der Waals surface area (Å²) in [6.45, 7) is 2.08. The Morgan fingerprint density at radius 3 is 2.35 bits per heavy atom. The Hall–Kier alpha value is -1.88. The quantitative estimate of drug-likeness (QED) is 0.754. The largest absolute Gasteiger partial charge is 0.479 e. The molecule has 0 saturated carbocycles. The van der Waals surface area contributed by atoms with Crippen LogP contribution in [-0.4, -0.2) is 36.7 Å². The Morgan fingerprint density at radius 2 is 1.85 bits per heavy atom. The molecule has 1 atom stereocenters. The van der Waals surface area contributed by atoms with Crippen molar-refractivity contribution >= 4 is 11.9 Å². The van der Waals surface area contributed by atoms with Crippen molar-refractivity contribution in [3.8, 4) is 0 Å². The van der Waals surface area contributed by atoms with Gasteiger partial charge in [-0.25, -0.2) is 4.79 Å². The molecule has 1 rings (SSSR count). The first-order chi connectivity index (χ1) is 9.56. The molecular formula is C15H21NO4. The fourth-order valence-electron chi connectivity index (χ4n) is 1.77. The summed E-state index contributed by atoms with van der Waals surface area (Å²) in [5, 5.41) is 11.3. The minimum atomic E-state index is -1.08. The number of carboxylic acids is 1. The van der Waals surface area contributed by atoms with E-state index in [-0.39, 0.29) is 12.5 Å². The third kappa shape index (κ3) is 5.40. The van der Waals surface area contributed by atoms with Crippen LogP contribution in [0.3, 0.4) is 0 Å².